The quantitative estimate of drug-likeness (QED) is 0.407. The summed E-state index contributed by atoms with van der Waals surface area (Å²) in [6, 6.07) is 0.837. The number of hydrogen-bond acceptors (Lipinski definition) is 6. The Morgan fingerprint density at radius 3 is 2.61 bits per heavy atom. The lowest BCUT2D eigenvalue weighted by Gasteiger charge is -2.09. The number of halogens is 4. The highest BCUT2D eigenvalue weighted by molar-refractivity contribution is 5.79. The van der Waals surface area contributed by atoms with Crippen molar-refractivity contribution in [3.63, 3.8) is 0 Å². The minimum absolute atomic E-state index is 0.0376. The average Bonchev–Trinajstić information content (AvgIpc) is 3.15. The highest BCUT2D eigenvalue weighted by Gasteiger charge is 2.34. The second-order valence-corrected chi connectivity index (χ2v) is 5.84. The summed E-state index contributed by atoms with van der Waals surface area (Å²) in [7, 11) is 1.65. The highest BCUT2D eigenvalue weighted by atomic mass is 19.4. The number of nitrogens with zero attached hydrogens (tertiary/aromatic N) is 7. The van der Waals surface area contributed by atoms with Crippen molar-refractivity contribution in [1.82, 2.24) is 29.5 Å². The van der Waals surface area contributed by atoms with Gasteiger partial charge >= 0.3 is 6.18 Å². The van der Waals surface area contributed by atoms with Crippen LogP contribution in [0.3, 0.4) is 0 Å². The molecule has 0 radical (unpaired) electrons. The lowest BCUT2D eigenvalue weighted by Crippen LogP contribution is -2.11. The summed E-state index contributed by atoms with van der Waals surface area (Å²) < 4.78 is 56.1. The molecular formula is C16H16F4N8. The molecule has 0 aromatic carbocycles. The van der Waals surface area contributed by atoms with Crippen molar-refractivity contribution in [3.05, 3.63) is 41.4 Å². The van der Waals surface area contributed by atoms with Gasteiger partial charge in [-0.1, -0.05) is 0 Å². The third kappa shape index (κ3) is 4.00. The Morgan fingerprint density at radius 1 is 1.29 bits per heavy atom. The third-order valence-corrected chi connectivity index (χ3v) is 3.77. The Labute approximate surface area is 156 Å². The van der Waals surface area contributed by atoms with Gasteiger partial charge in [0.05, 0.1) is 29.4 Å². The molecule has 12 heteroatoms. The molecule has 148 valence electrons. The molecule has 0 aliphatic heterocycles. The molecule has 0 bridgehead atoms. The fraction of sp³-hybridized carbons (Fsp3) is 0.312. The lowest BCUT2D eigenvalue weighted by atomic mass is 10.1. The van der Waals surface area contributed by atoms with E-state index in [1.807, 2.05) is 0 Å². The van der Waals surface area contributed by atoms with Gasteiger partial charge in [-0.2, -0.15) is 32.9 Å². The van der Waals surface area contributed by atoms with Crippen molar-refractivity contribution in [2.75, 3.05) is 5.43 Å². The maximum atomic E-state index is 13.9. The van der Waals surface area contributed by atoms with E-state index in [9.17, 15) is 17.6 Å². The Balaban J connectivity index is 1.93. The van der Waals surface area contributed by atoms with Gasteiger partial charge < -0.3 is 0 Å². The van der Waals surface area contributed by atoms with Gasteiger partial charge in [-0.3, -0.25) is 4.68 Å². The summed E-state index contributed by atoms with van der Waals surface area (Å²) in [5.74, 6) is -0.989. The summed E-state index contributed by atoms with van der Waals surface area (Å²) in [6.07, 6.45) is -0.781. The van der Waals surface area contributed by atoms with E-state index in [1.54, 1.807) is 27.1 Å². The zero-order chi connectivity index (χ0) is 20.5. The van der Waals surface area contributed by atoms with Gasteiger partial charge in [0, 0.05) is 25.4 Å². The zero-order valence-electron chi connectivity index (χ0n) is 15.2. The van der Waals surface area contributed by atoms with Gasteiger partial charge in [0.15, 0.2) is 5.69 Å². The number of aryl methyl sites for hydroxylation is 3. The van der Waals surface area contributed by atoms with Crippen LogP contribution >= 0.6 is 0 Å². The molecule has 0 unspecified atom stereocenters. The van der Waals surface area contributed by atoms with Crippen molar-refractivity contribution in [2.24, 2.45) is 12.1 Å². The SMILES string of the molecule is CCn1ncc(/C=N\Nc2nc(-c3cn(C)nc3C)cc(C(F)(F)F)n2)c1F. The highest BCUT2D eigenvalue weighted by Crippen LogP contribution is 2.31. The van der Waals surface area contributed by atoms with E-state index in [2.05, 4.69) is 30.7 Å². The van der Waals surface area contributed by atoms with Gasteiger partial charge in [0.1, 0.15) is 0 Å². The molecule has 1 N–H and O–H groups in total. The van der Waals surface area contributed by atoms with Gasteiger partial charge in [-0.25, -0.2) is 20.1 Å². The zero-order valence-corrected chi connectivity index (χ0v) is 15.2. The minimum atomic E-state index is -4.68. The van der Waals surface area contributed by atoms with E-state index in [4.69, 9.17) is 0 Å². The molecule has 28 heavy (non-hydrogen) atoms. The number of rotatable bonds is 5. The second-order valence-electron chi connectivity index (χ2n) is 5.84. The molecule has 8 nitrogen and oxygen atoms in total. The second kappa shape index (κ2) is 7.37. The Hall–Kier alpha value is -3.31. The van der Waals surface area contributed by atoms with Gasteiger partial charge in [0.25, 0.3) is 0 Å². The Kier molecular flexibility index (Phi) is 5.12. The Bertz CT molecular complexity index is 1020. The smallest absolute Gasteiger partial charge is 0.275 e. The predicted octanol–water partition coefficient (Wildman–Crippen LogP) is 3.01. The number of aromatic nitrogens is 6. The van der Waals surface area contributed by atoms with Crippen molar-refractivity contribution in [3.8, 4) is 11.3 Å². The number of alkyl halides is 3. The number of hydrogen-bond donors (Lipinski definition) is 1. The minimum Gasteiger partial charge on any atom is -0.275 e. The molecule has 0 aliphatic rings. The van der Waals surface area contributed by atoms with E-state index >= 15 is 0 Å². The maximum Gasteiger partial charge on any atom is 0.433 e. The van der Waals surface area contributed by atoms with E-state index in [-0.39, 0.29) is 17.2 Å². The van der Waals surface area contributed by atoms with E-state index in [1.165, 1.54) is 10.9 Å². The molecule has 3 aromatic heterocycles. The molecule has 0 atom stereocenters. The topological polar surface area (TPSA) is 85.8 Å². The van der Waals surface area contributed by atoms with E-state index < -0.39 is 17.8 Å². The largest absolute Gasteiger partial charge is 0.433 e. The van der Waals surface area contributed by atoms with Crippen LogP contribution in [0.25, 0.3) is 11.3 Å². The first kappa shape index (κ1) is 19.5. The first-order valence-electron chi connectivity index (χ1n) is 8.16. The molecule has 0 fully saturated rings. The van der Waals surface area contributed by atoms with Crippen molar-refractivity contribution in [1.29, 1.82) is 0 Å². The maximum absolute atomic E-state index is 13.9. The normalized spacial score (nSPS) is 12.1. The molecule has 0 aliphatic carbocycles. The van der Waals surface area contributed by atoms with Crippen molar-refractivity contribution in [2.45, 2.75) is 26.6 Å². The van der Waals surface area contributed by atoms with Gasteiger partial charge in [-0.15, -0.1) is 0 Å². The third-order valence-electron chi connectivity index (χ3n) is 3.77. The van der Waals surface area contributed by atoms with Crippen LogP contribution < -0.4 is 5.43 Å². The molecule has 3 aromatic rings. The van der Waals surface area contributed by atoms with Crippen LogP contribution in [0.1, 0.15) is 23.9 Å². The summed E-state index contributed by atoms with van der Waals surface area (Å²) in [5, 5.41) is 11.6. The number of anilines is 1. The van der Waals surface area contributed by atoms with E-state index in [0.717, 1.165) is 17.0 Å². The van der Waals surface area contributed by atoms with Crippen LogP contribution in [-0.2, 0) is 19.8 Å². The van der Waals surface area contributed by atoms with Crippen LogP contribution in [0, 0.1) is 12.9 Å². The fourth-order valence-electron chi connectivity index (χ4n) is 2.48. The molecule has 0 amide bonds. The first-order valence-corrected chi connectivity index (χ1v) is 8.16. The van der Waals surface area contributed by atoms with Crippen LogP contribution in [0.2, 0.25) is 0 Å². The number of hydrazone groups is 1. The van der Waals surface area contributed by atoms with Crippen LogP contribution in [0.4, 0.5) is 23.5 Å². The van der Waals surface area contributed by atoms with Gasteiger partial charge in [-0.05, 0) is 19.9 Å². The summed E-state index contributed by atoms with van der Waals surface area (Å²) in [4.78, 5) is 7.50. The molecular weight excluding hydrogens is 380 g/mol. The molecule has 0 spiro atoms. The monoisotopic (exact) mass is 396 g/mol. The van der Waals surface area contributed by atoms with Crippen LogP contribution in [-0.4, -0.2) is 35.7 Å². The number of nitrogens with one attached hydrogen (secondary N) is 1. The molecule has 3 rings (SSSR count). The summed E-state index contributed by atoms with van der Waals surface area (Å²) in [6.45, 7) is 3.70. The average molecular weight is 396 g/mol. The van der Waals surface area contributed by atoms with Gasteiger partial charge in [0.2, 0.25) is 11.9 Å². The molecule has 0 saturated carbocycles. The van der Waals surface area contributed by atoms with Crippen LogP contribution in [0.5, 0.6) is 0 Å². The Morgan fingerprint density at radius 2 is 2.04 bits per heavy atom. The molecule has 3 heterocycles. The fourth-order valence-corrected chi connectivity index (χ4v) is 2.48. The van der Waals surface area contributed by atoms with Crippen LogP contribution in [0.15, 0.2) is 23.6 Å². The van der Waals surface area contributed by atoms with E-state index in [0.29, 0.717) is 17.8 Å². The van der Waals surface area contributed by atoms with Crippen molar-refractivity contribution < 1.29 is 17.6 Å². The standard InChI is InChI=1S/C16H16F4N8/c1-4-28-14(17)10(7-22-28)6-21-25-15-23-12(5-13(24-15)16(18,19)20)11-8-27(3)26-9(11)2/h5-8H,4H2,1-3H3,(H,23,24,25)/b21-6-. The summed E-state index contributed by atoms with van der Waals surface area (Å²) in [5.41, 5.74) is 2.23. The first-order chi connectivity index (χ1) is 13.2. The summed E-state index contributed by atoms with van der Waals surface area (Å²) >= 11 is 0. The lowest BCUT2D eigenvalue weighted by molar-refractivity contribution is -0.141. The molecule has 0 saturated heterocycles. The predicted molar refractivity (Wildman–Crippen MR) is 93.0 cm³/mol. The van der Waals surface area contributed by atoms with Crippen molar-refractivity contribution >= 4 is 12.2 Å².